The van der Waals surface area contributed by atoms with Gasteiger partial charge in [0.05, 0.1) is 17.3 Å². The highest BCUT2D eigenvalue weighted by Crippen LogP contribution is 2.24. The second-order valence-corrected chi connectivity index (χ2v) is 8.62. The Morgan fingerprint density at radius 2 is 1.97 bits per heavy atom. The zero-order valence-corrected chi connectivity index (χ0v) is 19.8. The number of aliphatic carboxylic acids is 1. The molecule has 3 rings (SSSR count). The lowest BCUT2D eigenvalue weighted by atomic mass is 10.2. The van der Waals surface area contributed by atoms with Gasteiger partial charge in [0, 0.05) is 12.7 Å². The Bertz CT molecular complexity index is 1180. The highest BCUT2D eigenvalue weighted by atomic mass is 35.5. The molecule has 2 heterocycles. The number of amides is 1. The number of nitrogens with zero attached hydrogens (tertiary/aromatic N) is 5. The first-order valence-electron chi connectivity index (χ1n) is 10.3. The first-order valence-corrected chi connectivity index (χ1v) is 10.7. The number of benzene rings is 1. The van der Waals surface area contributed by atoms with Crippen LogP contribution in [-0.2, 0) is 16.1 Å². The third-order valence-corrected chi connectivity index (χ3v) is 4.37. The van der Waals surface area contributed by atoms with E-state index < -0.39 is 29.5 Å². The second kappa shape index (κ2) is 11.1. The molecule has 35 heavy (non-hydrogen) atoms. The minimum atomic E-state index is -1.17. The van der Waals surface area contributed by atoms with E-state index in [9.17, 15) is 19.1 Å². The fraction of sp³-hybridized carbons (Fsp3) is 0.333. The van der Waals surface area contributed by atoms with Crippen molar-refractivity contribution in [2.75, 3.05) is 6.54 Å². The summed E-state index contributed by atoms with van der Waals surface area (Å²) in [5, 5.41) is 26.7. The molecule has 0 aliphatic rings. The summed E-state index contributed by atoms with van der Waals surface area (Å²) in [6, 6.07) is 6.35. The van der Waals surface area contributed by atoms with Gasteiger partial charge in [-0.2, -0.15) is 0 Å². The van der Waals surface area contributed by atoms with E-state index >= 15 is 0 Å². The molecule has 0 spiro atoms. The van der Waals surface area contributed by atoms with Gasteiger partial charge in [-0.15, -0.1) is 15.0 Å². The van der Waals surface area contributed by atoms with Crippen LogP contribution in [0.15, 0.2) is 36.5 Å². The zero-order chi connectivity index (χ0) is 25.6. The highest BCUT2D eigenvalue weighted by molar-refractivity contribution is 6.30. The molecule has 0 saturated heterocycles. The van der Waals surface area contributed by atoms with Crippen LogP contribution < -0.4 is 15.4 Å². The van der Waals surface area contributed by atoms with Crippen LogP contribution in [0.4, 0.5) is 9.18 Å². The molecule has 3 N–H and O–H groups in total. The van der Waals surface area contributed by atoms with Crippen LogP contribution in [0.25, 0.3) is 5.69 Å². The van der Waals surface area contributed by atoms with E-state index in [1.54, 1.807) is 45.0 Å². The molecule has 2 aromatic heterocycles. The number of alkyl carbamates (subject to hydrolysis) is 1. The average molecular weight is 508 g/mol. The maximum absolute atomic E-state index is 13.8. The number of rotatable bonds is 9. The first kappa shape index (κ1) is 25.8. The second-order valence-electron chi connectivity index (χ2n) is 8.19. The van der Waals surface area contributed by atoms with E-state index in [-0.39, 0.29) is 29.8 Å². The summed E-state index contributed by atoms with van der Waals surface area (Å²) >= 11 is 5.68. The standard InChI is InChI=1S/C21H23ClFN7O5/c1-21(2,3)35-20(33)26-10-16(19(31)32)24-11-17-27-29-30(28-17)13-4-6-14(7-5-13)34-18-15(23)8-12(22)9-25-18/h4-9,16,24H,10-11H2,1-3H3,(H,26,33)(H,31,32). The predicted molar refractivity (Wildman–Crippen MR) is 121 cm³/mol. The third kappa shape index (κ3) is 7.86. The third-order valence-electron chi connectivity index (χ3n) is 4.17. The van der Waals surface area contributed by atoms with Crippen LogP contribution in [0, 0.1) is 5.82 Å². The van der Waals surface area contributed by atoms with E-state index in [0.29, 0.717) is 11.4 Å². The molecule has 0 fully saturated rings. The van der Waals surface area contributed by atoms with Gasteiger partial charge in [0.25, 0.3) is 5.88 Å². The summed E-state index contributed by atoms with van der Waals surface area (Å²) in [6.07, 6.45) is 0.544. The molecule has 0 aliphatic carbocycles. The SMILES string of the molecule is CC(C)(C)OC(=O)NCC(NCc1nnn(-c2ccc(Oc3ncc(Cl)cc3F)cc2)n1)C(=O)O. The zero-order valence-electron chi connectivity index (χ0n) is 19.0. The maximum atomic E-state index is 13.8. The van der Waals surface area contributed by atoms with E-state index in [4.69, 9.17) is 21.1 Å². The quantitative estimate of drug-likeness (QED) is 0.394. The summed E-state index contributed by atoms with van der Waals surface area (Å²) in [5.41, 5.74) is -0.173. The molecule has 1 amide bonds. The molecule has 0 aliphatic heterocycles. The Morgan fingerprint density at radius 1 is 1.26 bits per heavy atom. The smallest absolute Gasteiger partial charge is 0.407 e. The number of hydrogen-bond donors (Lipinski definition) is 3. The molecule has 0 radical (unpaired) electrons. The van der Waals surface area contributed by atoms with E-state index in [0.717, 1.165) is 6.07 Å². The van der Waals surface area contributed by atoms with Crippen molar-refractivity contribution >= 4 is 23.7 Å². The molecule has 1 aromatic carbocycles. The van der Waals surface area contributed by atoms with E-state index in [2.05, 4.69) is 31.0 Å². The minimum absolute atomic E-state index is 0.0182. The fourth-order valence-electron chi connectivity index (χ4n) is 2.62. The van der Waals surface area contributed by atoms with Gasteiger partial charge in [-0.3, -0.25) is 10.1 Å². The number of halogens is 2. The summed E-state index contributed by atoms with van der Waals surface area (Å²) in [4.78, 5) is 28.3. The van der Waals surface area contributed by atoms with Crippen molar-refractivity contribution in [3.63, 3.8) is 0 Å². The number of nitrogens with one attached hydrogen (secondary N) is 2. The number of aromatic nitrogens is 5. The Labute approximate surface area is 204 Å². The van der Waals surface area contributed by atoms with Gasteiger partial charge < -0.3 is 19.9 Å². The van der Waals surface area contributed by atoms with Gasteiger partial charge in [-0.25, -0.2) is 14.2 Å². The topological polar surface area (TPSA) is 153 Å². The van der Waals surface area contributed by atoms with Gasteiger partial charge >= 0.3 is 12.1 Å². The molecule has 0 bridgehead atoms. The molecule has 12 nitrogen and oxygen atoms in total. The monoisotopic (exact) mass is 507 g/mol. The number of carbonyl (C=O) groups is 2. The van der Waals surface area contributed by atoms with Crippen molar-refractivity contribution in [1.29, 1.82) is 0 Å². The molecule has 0 saturated carbocycles. The van der Waals surface area contributed by atoms with Gasteiger partial charge in [0.1, 0.15) is 17.4 Å². The van der Waals surface area contributed by atoms with Crippen LogP contribution in [0.1, 0.15) is 26.6 Å². The van der Waals surface area contributed by atoms with Crippen molar-refractivity contribution in [2.24, 2.45) is 0 Å². The van der Waals surface area contributed by atoms with Crippen LogP contribution in [0.5, 0.6) is 11.6 Å². The van der Waals surface area contributed by atoms with Gasteiger partial charge in [0.2, 0.25) is 0 Å². The van der Waals surface area contributed by atoms with Crippen molar-refractivity contribution in [3.05, 3.63) is 53.2 Å². The van der Waals surface area contributed by atoms with Crippen LogP contribution in [-0.4, -0.2) is 60.5 Å². The normalized spacial score (nSPS) is 12.1. The maximum Gasteiger partial charge on any atom is 0.407 e. The average Bonchev–Trinajstić information content (AvgIpc) is 3.24. The lowest BCUT2D eigenvalue weighted by molar-refractivity contribution is -0.139. The molecule has 3 aromatic rings. The molecule has 14 heteroatoms. The van der Waals surface area contributed by atoms with Crippen molar-refractivity contribution in [3.8, 4) is 17.3 Å². The predicted octanol–water partition coefficient (Wildman–Crippen LogP) is 2.71. The van der Waals surface area contributed by atoms with E-state index in [1.807, 2.05) is 0 Å². The number of pyridine rings is 1. The van der Waals surface area contributed by atoms with Gasteiger partial charge in [-0.1, -0.05) is 11.6 Å². The number of carbonyl (C=O) groups excluding carboxylic acids is 1. The number of ether oxygens (including phenoxy) is 2. The molecule has 1 atom stereocenters. The van der Waals surface area contributed by atoms with Crippen LogP contribution >= 0.6 is 11.6 Å². The van der Waals surface area contributed by atoms with Gasteiger partial charge in [-0.05, 0) is 56.3 Å². The number of hydrogen-bond acceptors (Lipinski definition) is 9. The number of tetrazole rings is 1. The summed E-state index contributed by atoms with van der Waals surface area (Å²) < 4.78 is 24.3. The Balaban J connectivity index is 1.56. The Hall–Kier alpha value is -3.84. The van der Waals surface area contributed by atoms with Crippen molar-refractivity contribution < 1.29 is 28.6 Å². The summed E-state index contributed by atoms with van der Waals surface area (Å²) in [5.74, 6) is -1.54. The summed E-state index contributed by atoms with van der Waals surface area (Å²) in [7, 11) is 0. The highest BCUT2D eigenvalue weighted by Gasteiger charge is 2.21. The van der Waals surface area contributed by atoms with Crippen molar-refractivity contribution in [1.82, 2.24) is 35.8 Å². The lowest BCUT2D eigenvalue weighted by Crippen LogP contribution is -2.46. The molecular formula is C21H23ClFN7O5. The van der Waals surface area contributed by atoms with E-state index in [1.165, 1.54) is 11.0 Å². The van der Waals surface area contributed by atoms with Crippen LogP contribution in [0.2, 0.25) is 5.02 Å². The van der Waals surface area contributed by atoms with Crippen LogP contribution in [0.3, 0.4) is 0 Å². The lowest BCUT2D eigenvalue weighted by Gasteiger charge is -2.21. The molecule has 186 valence electrons. The fourth-order valence-corrected chi connectivity index (χ4v) is 2.77. The minimum Gasteiger partial charge on any atom is -0.480 e. The Morgan fingerprint density at radius 3 is 2.60 bits per heavy atom. The molecular weight excluding hydrogens is 485 g/mol. The largest absolute Gasteiger partial charge is 0.480 e. The Kier molecular flexibility index (Phi) is 8.14. The number of carboxylic acids is 1. The first-order chi connectivity index (χ1) is 16.5. The number of carboxylic acid groups (broad SMARTS) is 1. The van der Waals surface area contributed by atoms with Crippen molar-refractivity contribution in [2.45, 2.75) is 39.0 Å². The van der Waals surface area contributed by atoms with Gasteiger partial charge in [0.15, 0.2) is 11.6 Å². The molecule has 1 unspecified atom stereocenters. The summed E-state index contributed by atoms with van der Waals surface area (Å²) in [6.45, 7) is 4.88.